The lowest BCUT2D eigenvalue weighted by Crippen LogP contribution is -2.13. The van der Waals surface area contributed by atoms with Crippen LogP contribution in [0.3, 0.4) is 0 Å². The number of methoxy groups -OCH3 is 2. The highest BCUT2D eigenvalue weighted by Crippen LogP contribution is 2.42. The van der Waals surface area contributed by atoms with E-state index in [-0.39, 0.29) is 11.7 Å². The van der Waals surface area contributed by atoms with Crippen LogP contribution in [0.1, 0.15) is 10.6 Å². The molecule has 5 rings (SSSR count). The number of fused-ring (bicyclic) bond motifs is 3. The van der Waals surface area contributed by atoms with Crippen LogP contribution >= 0.6 is 0 Å². The Bertz CT molecular complexity index is 1360. The molecule has 0 radical (unpaired) electrons. The third-order valence-electron chi connectivity index (χ3n) is 4.76. The molecule has 30 heavy (non-hydrogen) atoms. The number of carbonyl (C=O) groups is 1. The molecule has 0 saturated carbocycles. The van der Waals surface area contributed by atoms with E-state index in [0.717, 1.165) is 16.6 Å². The van der Waals surface area contributed by atoms with Crippen molar-refractivity contribution in [1.29, 1.82) is 0 Å². The second-order valence-corrected chi connectivity index (χ2v) is 6.40. The largest absolute Gasteiger partial charge is 0.497 e. The van der Waals surface area contributed by atoms with E-state index in [0.29, 0.717) is 22.6 Å². The number of tetrazole rings is 1. The lowest BCUT2D eigenvalue weighted by atomic mass is 10.2. The Balaban J connectivity index is 1.80. The van der Waals surface area contributed by atoms with Crippen molar-refractivity contribution < 1.29 is 18.7 Å². The number of benzene rings is 2. The van der Waals surface area contributed by atoms with Crippen LogP contribution in [0.2, 0.25) is 0 Å². The van der Waals surface area contributed by atoms with Gasteiger partial charge in [0.25, 0.3) is 5.91 Å². The van der Waals surface area contributed by atoms with Gasteiger partial charge in [0.1, 0.15) is 11.3 Å². The van der Waals surface area contributed by atoms with Crippen LogP contribution in [0, 0.1) is 0 Å². The number of nitrogens with zero attached hydrogens (tertiary/aromatic N) is 4. The summed E-state index contributed by atoms with van der Waals surface area (Å²) in [5.74, 6) is 0.531. The summed E-state index contributed by atoms with van der Waals surface area (Å²) in [6, 6.07) is 15.4. The molecule has 0 aliphatic heterocycles. The standard InChI is InChI=1S/C20H16N6O4/c1-28-12-8-9-14-13(10-12)16-15(26(14)11-6-4-3-5-7-11)17(29-2)18(30-16)19(27)21-20-22-24-25-23-20/h3-10H,1-2H3,(H2,21,22,23,24,25,27). The molecule has 0 atom stereocenters. The fourth-order valence-corrected chi connectivity index (χ4v) is 3.49. The van der Waals surface area contributed by atoms with Gasteiger partial charge in [-0.2, -0.15) is 0 Å². The summed E-state index contributed by atoms with van der Waals surface area (Å²) < 4.78 is 19.0. The lowest BCUT2D eigenvalue weighted by molar-refractivity contribution is 0.0994. The number of aromatic amines is 1. The third kappa shape index (κ3) is 2.65. The van der Waals surface area contributed by atoms with Gasteiger partial charge >= 0.3 is 0 Å². The number of hydrogen-bond acceptors (Lipinski definition) is 7. The van der Waals surface area contributed by atoms with Crippen LogP contribution in [0.4, 0.5) is 5.95 Å². The summed E-state index contributed by atoms with van der Waals surface area (Å²) in [7, 11) is 3.09. The third-order valence-corrected chi connectivity index (χ3v) is 4.76. The van der Waals surface area contributed by atoms with Gasteiger partial charge in [-0.3, -0.25) is 10.1 Å². The molecule has 10 nitrogen and oxygen atoms in total. The highest BCUT2D eigenvalue weighted by atomic mass is 16.5. The number of furan rings is 1. The number of para-hydroxylation sites is 1. The van der Waals surface area contributed by atoms with Crippen LogP contribution in [0.5, 0.6) is 11.5 Å². The van der Waals surface area contributed by atoms with E-state index in [1.54, 1.807) is 7.11 Å². The molecule has 1 amide bonds. The van der Waals surface area contributed by atoms with Gasteiger partial charge in [-0.05, 0) is 40.8 Å². The predicted molar refractivity (Wildman–Crippen MR) is 108 cm³/mol. The number of anilines is 1. The lowest BCUT2D eigenvalue weighted by Gasteiger charge is -2.09. The van der Waals surface area contributed by atoms with Crippen molar-refractivity contribution >= 4 is 33.9 Å². The van der Waals surface area contributed by atoms with Gasteiger partial charge in [0.2, 0.25) is 11.7 Å². The molecule has 3 heterocycles. The molecule has 150 valence electrons. The Morgan fingerprint density at radius 1 is 1.13 bits per heavy atom. The van der Waals surface area contributed by atoms with Crippen molar-refractivity contribution in [2.45, 2.75) is 0 Å². The highest BCUT2D eigenvalue weighted by Gasteiger charge is 2.28. The topological polar surface area (TPSA) is 120 Å². The number of ether oxygens (including phenoxy) is 2. The number of aromatic nitrogens is 5. The van der Waals surface area contributed by atoms with Gasteiger partial charge in [0, 0.05) is 11.1 Å². The molecule has 10 heteroatoms. The molecule has 0 aliphatic carbocycles. The molecular weight excluding hydrogens is 388 g/mol. The molecule has 2 aromatic carbocycles. The first-order valence-corrected chi connectivity index (χ1v) is 9.00. The Morgan fingerprint density at radius 2 is 1.97 bits per heavy atom. The van der Waals surface area contributed by atoms with Crippen molar-refractivity contribution in [3.05, 3.63) is 54.3 Å². The molecule has 2 N–H and O–H groups in total. The Morgan fingerprint density at radius 3 is 2.67 bits per heavy atom. The monoisotopic (exact) mass is 404 g/mol. The van der Waals surface area contributed by atoms with E-state index < -0.39 is 5.91 Å². The summed E-state index contributed by atoms with van der Waals surface area (Å²) >= 11 is 0. The van der Waals surface area contributed by atoms with Crippen molar-refractivity contribution in [3.8, 4) is 17.2 Å². The van der Waals surface area contributed by atoms with E-state index in [2.05, 4.69) is 25.9 Å². The smallest absolute Gasteiger partial charge is 0.297 e. The minimum Gasteiger partial charge on any atom is -0.497 e. The first kappa shape index (κ1) is 17.7. The molecular formula is C20H16N6O4. The van der Waals surface area contributed by atoms with Gasteiger partial charge in [-0.25, -0.2) is 5.10 Å². The van der Waals surface area contributed by atoms with E-state index in [4.69, 9.17) is 13.9 Å². The van der Waals surface area contributed by atoms with Gasteiger partial charge in [-0.1, -0.05) is 23.3 Å². The minimum absolute atomic E-state index is 0.00769. The van der Waals surface area contributed by atoms with Gasteiger partial charge in [0.15, 0.2) is 11.3 Å². The van der Waals surface area contributed by atoms with E-state index in [1.165, 1.54) is 7.11 Å². The van der Waals surface area contributed by atoms with Crippen LogP contribution in [0.15, 0.2) is 52.9 Å². The Hall–Kier alpha value is -4.34. The predicted octanol–water partition coefficient (Wildman–Crippen LogP) is 3.16. The SMILES string of the molecule is COc1ccc2c(c1)c1oc(C(=O)Nc3nnn[nH]3)c(OC)c1n2-c1ccccc1. The molecule has 0 bridgehead atoms. The van der Waals surface area contributed by atoms with E-state index in [1.807, 2.05) is 53.1 Å². The highest BCUT2D eigenvalue weighted by molar-refractivity contribution is 6.14. The number of carbonyl (C=O) groups excluding carboxylic acids is 1. The maximum atomic E-state index is 12.8. The van der Waals surface area contributed by atoms with Crippen LogP contribution in [-0.4, -0.2) is 45.3 Å². The fraction of sp³-hybridized carbons (Fsp3) is 0.100. The number of rotatable bonds is 5. The number of H-pyrrole nitrogens is 1. The zero-order chi connectivity index (χ0) is 20.7. The number of hydrogen-bond donors (Lipinski definition) is 2. The van der Waals surface area contributed by atoms with Gasteiger partial charge < -0.3 is 18.5 Å². The number of amides is 1. The molecule has 0 saturated heterocycles. The molecule has 3 aromatic heterocycles. The summed E-state index contributed by atoms with van der Waals surface area (Å²) in [6.07, 6.45) is 0. The minimum atomic E-state index is -0.544. The van der Waals surface area contributed by atoms with Gasteiger partial charge in [-0.15, -0.1) is 0 Å². The average molecular weight is 404 g/mol. The van der Waals surface area contributed by atoms with Crippen molar-refractivity contribution in [3.63, 3.8) is 0 Å². The van der Waals surface area contributed by atoms with Crippen molar-refractivity contribution in [1.82, 2.24) is 25.2 Å². The summed E-state index contributed by atoms with van der Waals surface area (Å²) in [4.78, 5) is 12.8. The zero-order valence-electron chi connectivity index (χ0n) is 16.0. The first-order chi connectivity index (χ1) is 14.7. The molecule has 0 fully saturated rings. The molecule has 0 unspecified atom stereocenters. The van der Waals surface area contributed by atoms with Crippen LogP contribution in [0.25, 0.3) is 27.7 Å². The average Bonchev–Trinajstić information content (AvgIpc) is 3.48. The Labute approximate surface area is 169 Å². The van der Waals surface area contributed by atoms with Crippen molar-refractivity contribution in [2.75, 3.05) is 19.5 Å². The van der Waals surface area contributed by atoms with Gasteiger partial charge in [0.05, 0.1) is 19.7 Å². The molecule has 0 aliphatic rings. The maximum absolute atomic E-state index is 12.8. The molecule has 5 aromatic rings. The second kappa shape index (κ2) is 6.92. The first-order valence-electron chi connectivity index (χ1n) is 9.00. The van der Waals surface area contributed by atoms with Crippen LogP contribution < -0.4 is 14.8 Å². The summed E-state index contributed by atoms with van der Waals surface area (Å²) in [5.41, 5.74) is 2.92. The summed E-state index contributed by atoms with van der Waals surface area (Å²) in [6.45, 7) is 0. The van der Waals surface area contributed by atoms with E-state index in [9.17, 15) is 4.79 Å². The molecule has 0 spiro atoms. The Kier molecular flexibility index (Phi) is 4.09. The quantitative estimate of drug-likeness (QED) is 0.462. The number of nitrogens with one attached hydrogen (secondary N) is 2. The fourth-order valence-electron chi connectivity index (χ4n) is 3.49. The normalized spacial score (nSPS) is 11.1. The maximum Gasteiger partial charge on any atom is 0.297 e. The summed E-state index contributed by atoms with van der Waals surface area (Å²) in [5, 5.41) is 16.4. The van der Waals surface area contributed by atoms with Crippen LogP contribution in [-0.2, 0) is 0 Å². The van der Waals surface area contributed by atoms with Crippen molar-refractivity contribution in [2.24, 2.45) is 0 Å². The second-order valence-electron chi connectivity index (χ2n) is 6.40. The zero-order valence-corrected chi connectivity index (χ0v) is 16.0. The van der Waals surface area contributed by atoms with E-state index >= 15 is 0 Å².